The second-order valence-electron chi connectivity index (χ2n) is 4.57. The van der Waals surface area contributed by atoms with E-state index in [2.05, 4.69) is 21.2 Å². The van der Waals surface area contributed by atoms with Crippen LogP contribution in [-0.4, -0.2) is 5.91 Å². The lowest BCUT2D eigenvalue weighted by atomic mass is 10.2. The van der Waals surface area contributed by atoms with Crippen molar-refractivity contribution in [1.82, 2.24) is 5.32 Å². The van der Waals surface area contributed by atoms with Crippen molar-refractivity contribution < 1.29 is 13.6 Å². The Morgan fingerprint density at radius 1 is 1.19 bits per heavy atom. The number of fused-ring (bicyclic) bond motifs is 1. The van der Waals surface area contributed by atoms with Crippen LogP contribution in [0.5, 0.6) is 0 Å². The third kappa shape index (κ3) is 2.97. The van der Waals surface area contributed by atoms with Crippen LogP contribution in [0.4, 0.5) is 4.39 Å². The van der Waals surface area contributed by atoms with Gasteiger partial charge in [0, 0.05) is 16.4 Å². The lowest BCUT2D eigenvalue weighted by Crippen LogP contribution is -2.22. The van der Waals surface area contributed by atoms with Crippen molar-refractivity contribution in [2.45, 2.75) is 6.54 Å². The highest BCUT2D eigenvalue weighted by atomic mass is 79.9. The molecule has 21 heavy (non-hydrogen) atoms. The average molecular weight is 348 g/mol. The zero-order valence-corrected chi connectivity index (χ0v) is 12.5. The number of hydrogen-bond acceptors (Lipinski definition) is 2. The Bertz CT molecular complexity index is 813. The van der Waals surface area contributed by atoms with E-state index >= 15 is 0 Å². The van der Waals surface area contributed by atoms with Gasteiger partial charge in [-0.25, -0.2) is 4.39 Å². The van der Waals surface area contributed by atoms with Gasteiger partial charge in [0.2, 0.25) is 0 Å². The van der Waals surface area contributed by atoms with Gasteiger partial charge in [-0.2, -0.15) is 0 Å². The van der Waals surface area contributed by atoms with E-state index in [1.165, 1.54) is 12.1 Å². The first-order valence-electron chi connectivity index (χ1n) is 6.34. The third-order valence-electron chi connectivity index (χ3n) is 3.07. The van der Waals surface area contributed by atoms with Crippen LogP contribution in [0.3, 0.4) is 0 Å². The molecule has 1 N–H and O–H groups in total. The number of hydrogen-bond donors (Lipinski definition) is 1. The van der Waals surface area contributed by atoms with Gasteiger partial charge in [-0.3, -0.25) is 4.79 Å². The monoisotopic (exact) mass is 347 g/mol. The summed E-state index contributed by atoms with van der Waals surface area (Å²) in [5.74, 6) is -0.426. The molecular weight excluding hydrogens is 337 g/mol. The van der Waals surface area contributed by atoms with Crippen LogP contribution in [0.15, 0.2) is 57.4 Å². The fourth-order valence-electron chi connectivity index (χ4n) is 2.05. The zero-order valence-electron chi connectivity index (χ0n) is 10.9. The van der Waals surface area contributed by atoms with E-state index in [1.807, 2.05) is 12.1 Å². The first-order valence-corrected chi connectivity index (χ1v) is 7.13. The summed E-state index contributed by atoms with van der Waals surface area (Å²) in [6.45, 7) is 0.245. The number of nitrogens with one attached hydrogen (secondary N) is 1. The zero-order chi connectivity index (χ0) is 14.8. The molecule has 0 aliphatic heterocycles. The Morgan fingerprint density at radius 2 is 2.00 bits per heavy atom. The largest absolute Gasteiger partial charge is 0.451 e. The van der Waals surface area contributed by atoms with Crippen LogP contribution in [0.1, 0.15) is 16.1 Å². The lowest BCUT2D eigenvalue weighted by molar-refractivity contribution is 0.0925. The fraction of sp³-hybridized carbons (Fsp3) is 0.0625. The quantitative estimate of drug-likeness (QED) is 0.768. The lowest BCUT2D eigenvalue weighted by Gasteiger charge is -2.03. The molecule has 0 bridgehead atoms. The molecule has 0 unspecified atom stereocenters. The van der Waals surface area contributed by atoms with Crippen molar-refractivity contribution in [3.8, 4) is 0 Å². The van der Waals surface area contributed by atoms with Crippen molar-refractivity contribution in [3.63, 3.8) is 0 Å². The standard InChI is InChI=1S/C16H11BrFNO2/c17-13-5-2-6-14-12(13)8-15(21-14)16(20)19-9-10-3-1-4-11(18)7-10/h1-8H,9H2,(H,19,20). The second kappa shape index (κ2) is 5.69. The van der Waals surface area contributed by atoms with Crippen molar-refractivity contribution >= 4 is 32.8 Å². The first-order chi connectivity index (χ1) is 10.1. The van der Waals surface area contributed by atoms with Gasteiger partial charge in [0.05, 0.1) is 0 Å². The van der Waals surface area contributed by atoms with Crippen molar-refractivity contribution in [1.29, 1.82) is 0 Å². The van der Waals surface area contributed by atoms with E-state index in [-0.39, 0.29) is 24.0 Å². The maximum Gasteiger partial charge on any atom is 0.287 e. The minimum Gasteiger partial charge on any atom is -0.451 e. The molecule has 1 heterocycles. The predicted molar refractivity (Wildman–Crippen MR) is 81.5 cm³/mol. The van der Waals surface area contributed by atoms with Gasteiger partial charge in [-0.15, -0.1) is 0 Å². The van der Waals surface area contributed by atoms with Gasteiger partial charge in [0.1, 0.15) is 11.4 Å². The average Bonchev–Trinajstić information content (AvgIpc) is 2.90. The molecular formula is C16H11BrFNO2. The highest BCUT2D eigenvalue weighted by Crippen LogP contribution is 2.26. The molecule has 3 aromatic rings. The number of carbonyl (C=O) groups excluding carboxylic acids is 1. The van der Waals surface area contributed by atoms with Gasteiger partial charge in [0.25, 0.3) is 5.91 Å². The van der Waals surface area contributed by atoms with Crippen LogP contribution < -0.4 is 5.32 Å². The van der Waals surface area contributed by atoms with E-state index < -0.39 is 0 Å². The molecule has 0 saturated carbocycles. The SMILES string of the molecule is O=C(NCc1cccc(F)c1)c1cc2c(Br)cccc2o1. The molecule has 1 amide bonds. The number of amides is 1. The normalized spacial score (nSPS) is 10.8. The van der Waals surface area contributed by atoms with Crippen molar-refractivity contribution in [2.75, 3.05) is 0 Å². The Kier molecular flexibility index (Phi) is 3.75. The van der Waals surface area contributed by atoms with Crippen LogP contribution in [0, 0.1) is 5.82 Å². The second-order valence-corrected chi connectivity index (χ2v) is 5.43. The van der Waals surface area contributed by atoms with E-state index in [1.54, 1.807) is 24.3 Å². The van der Waals surface area contributed by atoms with E-state index in [4.69, 9.17) is 4.42 Å². The number of rotatable bonds is 3. The molecule has 2 aromatic carbocycles. The number of benzene rings is 2. The molecule has 0 fully saturated rings. The minimum atomic E-state index is -0.331. The van der Waals surface area contributed by atoms with Crippen LogP contribution in [0.25, 0.3) is 11.0 Å². The molecule has 3 rings (SSSR count). The molecule has 0 radical (unpaired) electrons. The predicted octanol–water partition coefficient (Wildman–Crippen LogP) is 4.26. The summed E-state index contributed by atoms with van der Waals surface area (Å²) in [6, 6.07) is 13.3. The highest BCUT2D eigenvalue weighted by molar-refractivity contribution is 9.10. The number of halogens is 2. The Morgan fingerprint density at radius 3 is 2.76 bits per heavy atom. The smallest absolute Gasteiger partial charge is 0.287 e. The molecule has 0 saturated heterocycles. The molecule has 1 aromatic heterocycles. The molecule has 0 atom stereocenters. The van der Waals surface area contributed by atoms with Gasteiger partial charge < -0.3 is 9.73 Å². The maximum absolute atomic E-state index is 13.1. The van der Waals surface area contributed by atoms with E-state index in [0.29, 0.717) is 11.1 Å². The van der Waals surface area contributed by atoms with Crippen LogP contribution in [0.2, 0.25) is 0 Å². The van der Waals surface area contributed by atoms with Crippen molar-refractivity contribution in [2.24, 2.45) is 0 Å². The van der Waals surface area contributed by atoms with Crippen molar-refractivity contribution in [3.05, 3.63) is 70.1 Å². The highest BCUT2D eigenvalue weighted by Gasteiger charge is 2.13. The molecule has 0 spiro atoms. The maximum atomic E-state index is 13.1. The molecule has 0 aliphatic carbocycles. The van der Waals surface area contributed by atoms with Gasteiger partial charge in [0.15, 0.2) is 5.76 Å². The Balaban J connectivity index is 1.76. The van der Waals surface area contributed by atoms with Gasteiger partial charge >= 0.3 is 0 Å². The van der Waals surface area contributed by atoms with E-state index in [0.717, 1.165) is 9.86 Å². The Labute approximate surface area is 128 Å². The summed E-state index contributed by atoms with van der Waals surface area (Å²) in [6.07, 6.45) is 0. The number of furan rings is 1. The summed E-state index contributed by atoms with van der Waals surface area (Å²) in [5.41, 5.74) is 1.33. The minimum absolute atomic E-state index is 0.230. The molecule has 5 heteroatoms. The van der Waals surface area contributed by atoms with Crippen LogP contribution in [-0.2, 0) is 6.54 Å². The summed E-state index contributed by atoms with van der Waals surface area (Å²) >= 11 is 3.41. The summed E-state index contributed by atoms with van der Waals surface area (Å²) in [5, 5.41) is 3.55. The van der Waals surface area contributed by atoms with Gasteiger partial charge in [-0.1, -0.05) is 34.1 Å². The van der Waals surface area contributed by atoms with Gasteiger partial charge in [-0.05, 0) is 35.9 Å². The summed E-state index contributed by atoms with van der Waals surface area (Å²) in [7, 11) is 0. The molecule has 0 aliphatic rings. The number of carbonyl (C=O) groups is 1. The van der Waals surface area contributed by atoms with Crippen LogP contribution >= 0.6 is 15.9 Å². The molecule has 106 valence electrons. The fourth-order valence-corrected chi connectivity index (χ4v) is 2.52. The topological polar surface area (TPSA) is 42.2 Å². The third-order valence-corrected chi connectivity index (χ3v) is 3.77. The summed E-state index contributed by atoms with van der Waals surface area (Å²) in [4.78, 5) is 12.1. The molecule has 3 nitrogen and oxygen atoms in total. The van der Waals surface area contributed by atoms with E-state index in [9.17, 15) is 9.18 Å². The Hall–Kier alpha value is -2.14. The summed E-state index contributed by atoms with van der Waals surface area (Å²) < 4.78 is 19.4. The first kappa shape index (κ1) is 13.8.